The summed E-state index contributed by atoms with van der Waals surface area (Å²) in [6, 6.07) is 0. The number of aliphatic hydroxyl groups is 1. The average Bonchev–Trinajstić information content (AvgIpc) is 2.30. The second kappa shape index (κ2) is 6.83. The van der Waals surface area contributed by atoms with Crippen LogP contribution in [0, 0.1) is 0 Å². The standard InChI is InChI=1S/C11H22N2O3/c1-12-6-2-3-10(15)13-11(9-14)4-7-16-8-5-11/h12,14H,2-9H2,1H3,(H,13,15). The Morgan fingerprint density at radius 3 is 2.69 bits per heavy atom. The van der Waals surface area contributed by atoms with Gasteiger partial charge in [-0.05, 0) is 32.9 Å². The number of amides is 1. The Kier molecular flexibility index (Phi) is 5.73. The lowest BCUT2D eigenvalue weighted by Gasteiger charge is -2.36. The molecule has 0 aromatic heterocycles. The molecule has 94 valence electrons. The highest BCUT2D eigenvalue weighted by Crippen LogP contribution is 2.20. The number of rotatable bonds is 6. The van der Waals surface area contributed by atoms with E-state index in [1.54, 1.807) is 0 Å². The highest BCUT2D eigenvalue weighted by atomic mass is 16.5. The van der Waals surface area contributed by atoms with Crippen LogP contribution < -0.4 is 10.6 Å². The molecule has 0 aromatic rings. The van der Waals surface area contributed by atoms with E-state index in [9.17, 15) is 9.90 Å². The molecular weight excluding hydrogens is 208 g/mol. The lowest BCUT2D eigenvalue weighted by Crippen LogP contribution is -2.54. The molecule has 1 amide bonds. The molecule has 5 nitrogen and oxygen atoms in total. The molecule has 1 saturated heterocycles. The van der Waals surface area contributed by atoms with E-state index >= 15 is 0 Å². The smallest absolute Gasteiger partial charge is 0.220 e. The fourth-order valence-corrected chi connectivity index (χ4v) is 1.87. The maximum absolute atomic E-state index is 11.7. The van der Waals surface area contributed by atoms with Gasteiger partial charge in [-0.1, -0.05) is 0 Å². The second-order valence-corrected chi connectivity index (χ2v) is 4.31. The summed E-state index contributed by atoms with van der Waals surface area (Å²) in [6.45, 7) is 2.05. The SMILES string of the molecule is CNCCCC(=O)NC1(CO)CCOCC1. The van der Waals surface area contributed by atoms with Gasteiger partial charge in [0.1, 0.15) is 0 Å². The summed E-state index contributed by atoms with van der Waals surface area (Å²) in [5.41, 5.74) is -0.449. The Morgan fingerprint density at radius 2 is 2.12 bits per heavy atom. The monoisotopic (exact) mass is 230 g/mol. The molecular formula is C11H22N2O3. The van der Waals surface area contributed by atoms with Gasteiger partial charge in [0.25, 0.3) is 0 Å². The van der Waals surface area contributed by atoms with Gasteiger partial charge in [-0.25, -0.2) is 0 Å². The largest absolute Gasteiger partial charge is 0.394 e. The van der Waals surface area contributed by atoms with Gasteiger partial charge in [-0.2, -0.15) is 0 Å². The van der Waals surface area contributed by atoms with E-state index in [-0.39, 0.29) is 12.5 Å². The fourth-order valence-electron chi connectivity index (χ4n) is 1.87. The molecule has 1 aliphatic rings. The van der Waals surface area contributed by atoms with Crippen LogP contribution in [-0.4, -0.2) is 50.0 Å². The molecule has 1 heterocycles. The lowest BCUT2D eigenvalue weighted by molar-refractivity contribution is -0.125. The molecule has 0 aliphatic carbocycles. The first-order valence-electron chi connectivity index (χ1n) is 5.87. The van der Waals surface area contributed by atoms with Crippen LogP contribution in [0.4, 0.5) is 0 Å². The molecule has 0 atom stereocenters. The van der Waals surface area contributed by atoms with Gasteiger partial charge in [-0.15, -0.1) is 0 Å². The number of carbonyl (C=O) groups is 1. The third-order valence-electron chi connectivity index (χ3n) is 2.99. The number of nitrogens with one attached hydrogen (secondary N) is 2. The van der Waals surface area contributed by atoms with Gasteiger partial charge < -0.3 is 20.5 Å². The molecule has 0 unspecified atom stereocenters. The van der Waals surface area contributed by atoms with Crippen molar-refractivity contribution in [3.63, 3.8) is 0 Å². The molecule has 16 heavy (non-hydrogen) atoms. The summed E-state index contributed by atoms with van der Waals surface area (Å²) >= 11 is 0. The van der Waals surface area contributed by atoms with Gasteiger partial charge in [0.15, 0.2) is 0 Å². The van der Waals surface area contributed by atoms with E-state index < -0.39 is 5.54 Å². The molecule has 0 bridgehead atoms. The zero-order chi connectivity index (χ0) is 11.9. The number of carbonyl (C=O) groups excluding carboxylic acids is 1. The summed E-state index contributed by atoms with van der Waals surface area (Å²) in [5.74, 6) is 0.0196. The predicted octanol–water partition coefficient (Wildman–Crippen LogP) is -0.356. The Labute approximate surface area is 96.6 Å². The summed E-state index contributed by atoms with van der Waals surface area (Å²) in [4.78, 5) is 11.7. The zero-order valence-electron chi connectivity index (χ0n) is 9.92. The van der Waals surface area contributed by atoms with E-state index in [1.807, 2.05) is 7.05 Å². The molecule has 1 fully saturated rings. The Balaban J connectivity index is 2.33. The van der Waals surface area contributed by atoms with Crippen LogP contribution in [-0.2, 0) is 9.53 Å². The van der Waals surface area contributed by atoms with Crippen molar-refractivity contribution in [2.24, 2.45) is 0 Å². The minimum Gasteiger partial charge on any atom is -0.394 e. The van der Waals surface area contributed by atoms with Crippen molar-refractivity contribution < 1.29 is 14.6 Å². The molecule has 1 rings (SSSR count). The van der Waals surface area contributed by atoms with Crippen LogP contribution in [0.2, 0.25) is 0 Å². The third-order valence-corrected chi connectivity index (χ3v) is 2.99. The van der Waals surface area contributed by atoms with Crippen LogP contribution in [0.1, 0.15) is 25.7 Å². The molecule has 5 heteroatoms. The lowest BCUT2D eigenvalue weighted by atomic mass is 9.91. The maximum Gasteiger partial charge on any atom is 0.220 e. The van der Waals surface area contributed by atoms with Crippen LogP contribution in [0.15, 0.2) is 0 Å². The van der Waals surface area contributed by atoms with Gasteiger partial charge in [0.05, 0.1) is 12.1 Å². The van der Waals surface area contributed by atoms with Crippen LogP contribution in [0.5, 0.6) is 0 Å². The quantitative estimate of drug-likeness (QED) is 0.545. The average molecular weight is 230 g/mol. The van der Waals surface area contributed by atoms with E-state index in [2.05, 4.69) is 10.6 Å². The number of aliphatic hydroxyl groups excluding tert-OH is 1. The van der Waals surface area contributed by atoms with Gasteiger partial charge in [0.2, 0.25) is 5.91 Å². The zero-order valence-corrected chi connectivity index (χ0v) is 9.92. The van der Waals surface area contributed by atoms with Crippen molar-refractivity contribution in [2.45, 2.75) is 31.2 Å². The van der Waals surface area contributed by atoms with Gasteiger partial charge in [0, 0.05) is 19.6 Å². The van der Waals surface area contributed by atoms with Crippen LogP contribution in [0.25, 0.3) is 0 Å². The number of ether oxygens (including phenoxy) is 1. The first-order valence-corrected chi connectivity index (χ1v) is 5.87. The van der Waals surface area contributed by atoms with Crippen molar-refractivity contribution >= 4 is 5.91 Å². The highest BCUT2D eigenvalue weighted by molar-refractivity contribution is 5.76. The van der Waals surface area contributed by atoms with Crippen molar-refractivity contribution in [3.8, 4) is 0 Å². The molecule has 3 N–H and O–H groups in total. The van der Waals surface area contributed by atoms with Gasteiger partial charge >= 0.3 is 0 Å². The molecule has 0 saturated carbocycles. The van der Waals surface area contributed by atoms with Crippen molar-refractivity contribution in [1.29, 1.82) is 0 Å². The molecule has 0 radical (unpaired) electrons. The summed E-state index contributed by atoms with van der Waals surface area (Å²) in [7, 11) is 1.87. The summed E-state index contributed by atoms with van der Waals surface area (Å²) in [6.07, 6.45) is 2.71. The number of hydrogen-bond acceptors (Lipinski definition) is 4. The maximum atomic E-state index is 11.7. The second-order valence-electron chi connectivity index (χ2n) is 4.31. The summed E-state index contributed by atoms with van der Waals surface area (Å²) < 4.78 is 5.23. The molecule has 0 spiro atoms. The van der Waals surface area contributed by atoms with Gasteiger partial charge in [-0.3, -0.25) is 4.79 Å². The topological polar surface area (TPSA) is 70.6 Å². The minimum atomic E-state index is -0.449. The van der Waals surface area contributed by atoms with E-state index in [1.165, 1.54) is 0 Å². The van der Waals surface area contributed by atoms with Crippen LogP contribution >= 0.6 is 0 Å². The third kappa shape index (κ3) is 4.08. The van der Waals surface area contributed by atoms with Crippen LogP contribution in [0.3, 0.4) is 0 Å². The summed E-state index contributed by atoms with van der Waals surface area (Å²) in [5, 5.41) is 15.3. The predicted molar refractivity (Wildman–Crippen MR) is 61.2 cm³/mol. The Hall–Kier alpha value is -0.650. The van der Waals surface area contributed by atoms with Crippen molar-refractivity contribution in [2.75, 3.05) is 33.4 Å². The first-order chi connectivity index (χ1) is 7.72. The molecule has 1 aliphatic heterocycles. The first kappa shape index (κ1) is 13.4. The van der Waals surface area contributed by atoms with Crippen molar-refractivity contribution in [3.05, 3.63) is 0 Å². The Bertz CT molecular complexity index is 215. The van der Waals surface area contributed by atoms with E-state index in [0.717, 1.165) is 13.0 Å². The van der Waals surface area contributed by atoms with E-state index in [0.29, 0.717) is 32.5 Å². The van der Waals surface area contributed by atoms with E-state index in [4.69, 9.17) is 4.74 Å². The highest BCUT2D eigenvalue weighted by Gasteiger charge is 2.33. The Morgan fingerprint density at radius 1 is 1.44 bits per heavy atom. The minimum absolute atomic E-state index is 0.00583. The normalized spacial score (nSPS) is 19.4. The van der Waals surface area contributed by atoms with Crippen molar-refractivity contribution in [1.82, 2.24) is 10.6 Å². The number of hydrogen-bond donors (Lipinski definition) is 3. The molecule has 0 aromatic carbocycles. The fraction of sp³-hybridized carbons (Fsp3) is 0.909.